The van der Waals surface area contributed by atoms with E-state index in [4.69, 9.17) is 15.0 Å². The van der Waals surface area contributed by atoms with E-state index >= 15 is 0 Å². The standard InChI is InChI=1S/C29H23N3/c1-2-27-30-28(25-19-11-9-17-23(25)21-13-5-3-6-14-21)32-29(31-27)26-20-12-10-18-24(26)22-15-7-4-8-16-22/h3-20H,2H2,1H3. The lowest BCUT2D eigenvalue weighted by molar-refractivity contribution is 0.910. The maximum Gasteiger partial charge on any atom is 0.164 e. The Morgan fingerprint density at radius 2 is 0.812 bits per heavy atom. The number of benzene rings is 4. The molecule has 0 fully saturated rings. The molecule has 0 bridgehead atoms. The first-order valence-electron chi connectivity index (χ1n) is 10.9. The van der Waals surface area contributed by atoms with Crippen LogP contribution in [0.25, 0.3) is 45.0 Å². The predicted octanol–water partition coefficient (Wildman–Crippen LogP) is 7.10. The van der Waals surface area contributed by atoms with Crippen molar-refractivity contribution in [3.63, 3.8) is 0 Å². The Morgan fingerprint density at radius 1 is 0.438 bits per heavy atom. The van der Waals surface area contributed by atoms with E-state index in [9.17, 15) is 0 Å². The van der Waals surface area contributed by atoms with E-state index in [1.165, 1.54) is 0 Å². The fourth-order valence-electron chi connectivity index (χ4n) is 3.91. The van der Waals surface area contributed by atoms with E-state index in [2.05, 4.69) is 91.9 Å². The summed E-state index contributed by atoms with van der Waals surface area (Å²) >= 11 is 0. The largest absolute Gasteiger partial charge is 0.213 e. The van der Waals surface area contributed by atoms with Crippen molar-refractivity contribution < 1.29 is 0 Å². The summed E-state index contributed by atoms with van der Waals surface area (Å²) in [4.78, 5) is 14.6. The molecule has 0 radical (unpaired) electrons. The van der Waals surface area contributed by atoms with Gasteiger partial charge >= 0.3 is 0 Å². The summed E-state index contributed by atoms with van der Waals surface area (Å²) in [7, 11) is 0. The first-order valence-corrected chi connectivity index (χ1v) is 10.9. The molecule has 3 heteroatoms. The van der Waals surface area contributed by atoms with Crippen LogP contribution in [0.5, 0.6) is 0 Å². The van der Waals surface area contributed by atoms with Gasteiger partial charge in [-0.1, -0.05) is 116 Å². The molecule has 0 unspecified atom stereocenters. The number of nitrogens with zero attached hydrogens (tertiary/aromatic N) is 3. The van der Waals surface area contributed by atoms with Gasteiger partial charge in [-0.25, -0.2) is 15.0 Å². The zero-order valence-electron chi connectivity index (χ0n) is 17.9. The minimum Gasteiger partial charge on any atom is -0.213 e. The van der Waals surface area contributed by atoms with Crippen LogP contribution in [0.1, 0.15) is 12.7 Å². The molecule has 0 aliphatic carbocycles. The molecule has 0 atom stereocenters. The summed E-state index contributed by atoms with van der Waals surface area (Å²) in [5.41, 5.74) is 6.54. The Labute approximate surface area is 188 Å². The van der Waals surface area contributed by atoms with Crippen LogP contribution in [0.4, 0.5) is 0 Å². The molecule has 1 heterocycles. The molecule has 0 saturated carbocycles. The van der Waals surface area contributed by atoms with Crippen molar-refractivity contribution in [2.75, 3.05) is 0 Å². The number of hydrogen-bond acceptors (Lipinski definition) is 3. The highest BCUT2D eigenvalue weighted by Crippen LogP contribution is 2.33. The molecule has 5 aromatic rings. The van der Waals surface area contributed by atoms with Gasteiger partial charge in [0.05, 0.1) is 0 Å². The summed E-state index contributed by atoms with van der Waals surface area (Å²) < 4.78 is 0. The highest BCUT2D eigenvalue weighted by atomic mass is 15.0. The first kappa shape index (κ1) is 19.8. The molecule has 0 N–H and O–H groups in total. The molecule has 0 saturated heterocycles. The van der Waals surface area contributed by atoms with E-state index in [0.29, 0.717) is 11.6 Å². The van der Waals surface area contributed by atoms with Gasteiger partial charge in [0.1, 0.15) is 5.82 Å². The Kier molecular flexibility index (Phi) is 5.54. The van der Waals surface area contributed by atoms with Gasteiger partial charge in [0.2, 0.25) is 0 Å². The molecule has 4 aromatic carbocycles. The van der Waals surface area contributed by atoms with Crippen molar-refractivity contribution in [1.29, 1.82) is 0 Å². The molecule has 5 rings (SSSR count). The van der Waals surface area contributed by atoms with Crippen LogP contribution in [0.2, 0.25) is 0 Å². The molecule has 3 nitrogen and oxygen atoms in total. The molecule has 0 spiro atoms. The van der Waals surface area contributed by atoms with Gasteiger partial charge in [-0.05, 0) is 22.3 Å². The van der Waals surface area contributed by atoms with E-state index in [0.717, 1.165) is 45.6 Å². The topological polar surface area (TPSA) is 38.7 Å². The van der Waals surface area contributed by atoms with Crippen LogP contribution in [0.15, 0.2) is 109 Å². The van der Waals surface area contributed by atoms with Crippen LogP contribution in [-0.2, 0) is 6.42 Å². The van der Waals surface area contributed by atoms with E-state index in [1.54, 1.807) is 0 Å². The Morgan fingerprint density at radius 3 is 1.22 bits per heavy atom. The van der Waals surface area contributed by atoms with Crippen molar-refractivity contribution in [3.05, 3.63) is 115 Å². The Bertz CT molecular complexity index is 1240. The summed E-state index contributed by atoms with van der Waals surface area (Å²) in [6.07, 6.45) is 0.740. The van der Waals surface area contributed by atoms with Crippen LogP contribution in [0.3, 0.4) is 0 Å². The monoisotopic (exact) mass is 413 g/mol. The second kappa shape index (κ2) is 8.94. The quantitative estimate of drug-likeness (QED) is 0.308. The van der Waals surface area contributed by atoms with Crippen molar-refractivity contribution >= 4 is 0 Å². The lowest BCUT2D eigenvalue weighted by Gasteiger charge is -2.13. The lowest BCUT2D eigenvalue weighted by Crippen LogP contribution is -2.03. The molecular weight excluding hydrogens is 390 g/mol. The Balaban J connectivity index is 1.70. The summed E-state index contributed by atoms with van der Waals surface area (Å²) in [5, 5.41) is 0. The fraction of sp³-hybridized carbons (Fsp3) is 0.0690. The molecule has 0 amide bonds. The maximum absolute atomic E-state index is 4.97. The zero-order chi connectivity index (χ0) is 21.8. The summed E-state index contributed by atoms with van der Waals surface area (Å²) in [6.45, 7) is 2.08. The molecular formula is C29H23N3. The van der Waals surface area contributed by atoms with Crippen LogP contribution in [-0.4, -0.2) is 15.0 Å². The van der Waals surface area contributed by atoms with Gasteiger partial charge in [-0.2, -0.15) is 0 Å². The summed E-state index contributed by atoms with van der Waals surface area (Å²) in [6, 6.07) is 37.4. The minimum absolute atomic E-state index is 0.703. The first-order chi connectivity index (χ1) is 15.8. The molecule has 0 aliphatic rings. The minimum atomic E-state index is 0.703. The van der Waals surface area contributed by atoms with Gasteiger partial charge in [0.15, 0.2) is 11.6 Å². The smallest absolute Gasteiger partial charge is 0.164 e. The second-order valence-corrected chi connectivity index (χ2v) is 7.58. The van der Waals surface area contributed by atoms with Crippen molar-refractivity contribution in [3.8, 4) is 45.0 Å². The molecule has 0 aliphatic heterocycles. The van der Waals surface area contributed by atoms with Crippen molar-refractivity contribution in [1.82, 2.24) is 15.0 Å². The lowest BCUT2D eigenvalue weighted by atomic mass is 9.98. The highest BCUT2D eigenvalue weighted by molar-refractivity contribution is 5.83. The fourth-order valence-corrected chi connectivity index (χ4v) is 3.91. The van der Waals surface area contributed by atoms with E-state index in [1.807, 2.05) is 24.3 Å². The maximum atomic E-state index is 4.97. The number of aryl methyl sites for hydroxylation is 1. The van der Waals surface area contributed by atoms with Gasteiger partial charge in [0.25, 0.3) is 0 Å². The molecule has 154 valence electrons. The van der Waals surface area contributed by atoms with Crippen LogP contribution >= 0.6 is 0 Å². The van der Waals surface area contributed by atoms with Gasteiger partial charge in [-0.3, -0.25) is 0 Å². The van der Waals surface area contributed by atoms with Gasteiger partial charge < -0.3 is 0 Å². The third-order valence-electron chi connectivity index (χ3n) is 5.50. The Hall–Kier alpha value is -4.11. The summed E-state index contributed by atoms with van der Waals surface area (Å²) in [5.74, 6) is 2.19. The average Bonchev–Trinajstić information content (AvgIpc) is 2.89. The third-order valence-corrected chi connectivity index (χ3v) is 5.50. The number of hydrogen-bond donors (Lipinski definition) is 0. The molecule has 32 heavy (non-hydrogen) atoms. The number of rotatable bonds is 5. The van der Waals surface area contributed by atoms with Crippen LogP contribution in [0, 0.1) is 0 Å². The van der Waals surface area contributed by atoms with E-state index < -0.39 is 0 Å². The SMILES string of the molecule is CCc1nc(-c2ccccc2-c2ccccc2)nc(-c2ccccc2-c2ccccc2)n1. The van der Waals surface area contributed by atoms with Crippen molar-refractivity contribution in [2.45, 2.75) is 13.3 Å². The normalized spacial score (nSPS) is 10.8. The zero-order valence-corrected chi connectivity index (χ0v) is 17.9. The highest BCUT2D eigenvalue weighted by Gasteiger charge is 2.16. The van der Waals surface area contributed by atoms with Gasteiger partial charge in [0, 0.05) is 17.5 Å². The van der Waals surface area contributed by atoms with Crippen LogP contribution < -0.4 is 0 Å². The average molecular weight is 414 g/mol. The molecule has 1 aromatic heterocycles. The van der Waals surface area contributed by atoms with Gasteiger partial charge in [-0.15, -0.1) is 0 Å². The number of aromatic nitrogens is 3. The van der Waals surface area contributed by atoms with E-state index in [-0.39, 0.29) is 0 Å². The van der Waals surface area contributed by atoms with Crippen molar-refractivity contribution in [2.24, 2.45) is 0 Å². The predicted molar refractivity (Wildman–Crippen MR) is 131 cm³/mol. The third kappa shape index (κ3) is 3.93. The second-order valence-electron chi connectivity index (χ2n) is 7.58.